The molecule has 0 nitrogen and oxygen atoms in total. The summed E-state index contributed by atoms with van der Waals surface area (Å²) in [5.74, 6) is 7.93. The van der Waals surface area contributed by atoms with Crippen LogP contribution in [0.25, 0.3) is 0 Å². The van der Waals surface area contributed by atoms with Gasteiger partial charge in [0.1, 0.15) is 0 Å². The summed E-state index contributed by atoms with van der Waals surface area (Å²) in [6.07, 6.45) is 5.46. The minimum Gasteiger partial charge on any atom is -0.119 e. The van der Waals surface area contributed by atoms with Crippen molar-refractivity contribution in [2.24, 2.45) is 0 Å². The van der Waals surface area contributed by atoms with Gasteiger partial charge >= 0.3 is 0 Å². The van der Waals surface area contributed by atoms with Crippen LogP contribution in [-0.4, -0.2) is 5.33 Å². The first kappa shape index (κ1) is 6.60. The maximum atomic E-state index is 4.90. The smallest absolute Gasteiger partial charge is 0.0700 e. The van der Waals surface area contributed by atoms with Crippen LogP contribution in [0.3, 0.4) is 0 Å². The molecule has 0 aliphatic carbocycles. The molecule has 0 N–H and O–H groups in total. The lowest BCUT2D eigenvalue weighted by atomic mass is 10.4. The fourth-order valence-electron chi connectivity index (χ4n) is 0.161. The van der Waals surface area contributed by atoms with Crippen molar-refractivity contribution in [3.63, 3.8) is 0 Å². The van der Waals surface area contributed by atoms with E-state index >= 15 is 0 Å². The molecule has 36 valence electrons. The monoisotopic (exact) mass is 156 g/mol. The van der Waals surface area contributed by atoms with E-state index in [0.717, 1.165) is 0 Å². The van der Waals surface area contributed by atoms with E-state index in [1.807, 2.05) is 0 Å². The Kier molecular flexibility index (Phi) is 5.28. The highest BCUT2D eigenvalue weighted by Gasteiger charge is 1.60. The largest absolute Gasteiger partial charge is 0.119 e. The molecule has 7 heavy (non-hydrogen) atoms. The van der Waals surface area contributed by atoms with Crippen LogP contribution in [0.1, 0.15) is 6.42 Å². The van der Waals surface area contributed by atoms with Crippen molar-refractivity contribution in [1.29, 1.82) is 0 Å². The van der Waals surface area contributed by atoms with Crippen LogP contribution in [0, 0.1) is 24.2 Å². The highest BCUT2D eigenvalue weighted by Crippen LogP contribution is 1.74. The van der Waals surface area contributed by atoms with Gasteiger partial charge in [0.25, 0.3) is 0 Å². The van der Waals surface area contributed by atoms with E-state index in [2.05, 4.69) is 33.7 Å². The summed E-state index contributed by atoms with van der Waals surface area (Å²) in [5, 5.41) is 0.717. The van der Waals surface area contributed by atoms with Crippen molar-refractivity contribution in [2.75, 3.05) is 5.33 Å². The van der Waals surface area contributed by atoms with Crippen LogP contribution in [0.4, 0.5) is 0 Å². The minimum atomic E-state index is 0.561. The van der Waals surface area contributed by atoms with Crippen molar-refractivity contribution in [3.8, 4) is 24.2 Å². The zero-order chi connectivity index (χ0) is 5.54. The molecular weight excluding hydrogens is 152 g/mol. The van der Waals surface area contributed by atoms with Gasteiger partial charge in [-0.25, -0.2) is 0 Å². The summed E-state index contributed by atoms with van der Waals surface area (Å²) >= 11 is 3.14. The summed E-state index contributed by atoms with van der Waals surface area (Å²) in [4.78, 5) is 0. The Morgan fingerprint density at radius 1 is 1.43 bits per heavy atom. The molecule has 0 amide bonds. The molecule has 0 aliphatic rings. The van der Waals surface area contributed by atoms with Crippen LogP contribution >= 0.6 is 15.9 Å². The zero-order valence-electron chi connectivity index (χ0n) is 3.87. The Labute approximate surface area is 52.4 Å². The Morgan fingerprint density at radius 2 is 2.14 bits per heavy atom. The number of halogens is 1. The maximum absolute atomic E-state index is 4.90. The molecule has 0 bridgehead atoms. The van der Waals surface area contributed by atoms with Gasteiger partial charge in [-0.05, 0) is 0 Å². The second-order valence-corrected chi connectivity index (χ2v) is 1.43. The molecule has 0 rings (SSSR count). The predicted molar refractivity (Wildman–Crippen MR) is 35.0 cm³/mol. The molecule has 0 saturated heterocycles. The van der Waals surface area contributed by atoms with Gasteiger partial charge in [-0.1, -0.05) is 33.7 Å². The molecule has 0 spiro atoms. The van der Waals surface area contributed by atoms with E-state index in [-0.39, 0.29) is 0 Å². The quantitative estimate of drug-likeness (QED) is 0.368. The highest BCUT2D eigenvalue weighted by atomic mass is 79.9. The molecule has 0 aliphatic heterocycles. The number of alkyl halides is 1. The van der Waals surface area contributed by atoms with Gasteiger partial charge in [0, 0.05) is 0 Å². The second kappa shape index (κ2) is 5.60. The normalized spacial score (nSPS) is 5.71. The molecule has 0 aromatic heterocycles. The van der Waals surface area contributed by atoms with Crippen LogP contribution in [0.15, 0.2) is 0 Å². The topological polar surface area (TPSA) is 0 Å². The molecule has 0 heterocycles. The van der Waals surface area contributed by atoms with Crippen molar-refractivity contribution in [3.05, 3.63) is 0 Å². The third kappa shape index (κ3) is 5.60. The van der Waals surface area contributed by atoms with Crippen LogP contribution in [-0.2, 0) is 0 Å². The standard InChI is InChI=1S/C6H5Br/c1-2-3-4-5-6-7/h1H,3,6H2. The van der Waals surface area contributed by atoms with E-state index < -0.39 is 0 Å². The summed E-state index contributed by atoms with van der Waals surface area (Å²) < 4.78 is 0. The van der Waals surface area contributed by atoms with Crippen molar-refractivity contribution >= 4 is 15.9 Å². The lowest BCUT2D eigenvalue weighted by molar-refractivity contribution is 1.56. The number of hydrogen-bond donors (Lipinski definition) is 0. The molecule has 0 radical (unpaired) electrons. The summed E-state index contributed by atoms with van der Waals surface area (Å²) in [5.41, 5.74) is 0. The molecular formula is C6H5Br. The van der Waals surface area contributed by atoms with Crippen molar-refractivity contribution in [2.45, 2.75) is 6.42 Å². The van der Waals surface area contributed by atoms with E-state index in [1.165, 1.54) is 0 Å². The Balaban J connectivity index is 3.12. The lowest BCUT2D eigenvalue weighted by Gasteiger charge is -1.65. The Hall–Kier alpha value is -0.400. The van der Waals surface area contributed by atoms with Gasteiger partial charge in [0.2, 0.25) is 0 Å². The van der Waals surface area contributed by atoms with E-state index in [4.69, 9.17) is 6.42 Å². The average Bonchev–Trinajstić information content (AvgIpc) is 1.69. The zero-order valence-corrected chi connectivity index (χ0v) is 5.46. The van der Waals surface area contributed by atoms with Crippen molar-refractivity contribution < 1.29 is 0 Å². The third-order valence-corrected chi connectivity index (χ3v) is 0.663. The minimum absolute atomic E-state index is 0.561. The molecule has 0 atom stereocenters. The van der Waals surface area contributed by atoms with E-state index in [1.54, 1.807) is 0 Å². The fourth-order valence-corrected chi connectivity index (χ4v) is 0.359. The Bertz CT molecular complexity index is 119. The summed E-state index contributed by atoms with van der Waals surface area (Å²) in [7, 11) is 0. The molecule has 0 aromatic carbocycles. The van der Waals surface area contributed by atoms with Gasteiger partial charge < -0.3 is 0 Å². The van der Waals surface area contributed by atoms with Gasteiger partial charge in [-0.2, -0.15) is 0 Å². The van der Waals surface area contributed by atoms with Gasteiger partial charge in [-0.15, -0.1) is 6.42 Å². The average molecular weight is 157 g/mol. The van der Waals surface area contributed by atoms with E-state index in [0.29, 0.717) is 11.8 Å². The maximum Gasteiger partial charge on any atom is 0.0700 e. The molecule has 0 saturated carbocycles. The molecule has 1 heteroatoms. The fraction of sp³-hybridized carbons (Fsp3) is 0.333. The lowest BCUT2D eigenvalue weighted by Crippen LogP contribution is -1.59. The number of rotatable bonds is 0. The van der Waals surface area contributed by atoms with Crippen LogP contribution in [0.2, 0.25) is 0 Å². The van der Waals surface area contributed by atoms with E-state index in [9.17, 15) is 0 Å². The first-order valence-electron chi connectivity index (χ1n) is 1.87. The SMILES string of the molecule is C#CCC#CCBr. The van der Waals surface area contributed by atoms with Gasteiger partial charge in [0.15, 0.2) is 0 Å². The summed E-state index contributed by atoms with van der Waals surface area (Å²) in [6, 6.07) is 0. The highest BCUT2D eigenvalue weighted by molar-refractivity contribution is 9.09. The second-order valence-electron chi connectivity index (χ2n) is 0.868. The van der Waals surface area contributed by atoms with Crippen LogP contribution < -0.4 is 0 Å². The third-order valence-electron chi connectivity index (χ3n) is 0.382. The molecule has 0 unspecified atom stereocenters. The van der Waals surface area contributed by atoms with Crippen LogP contribution in [0.5, 0.6) is 0 Å². The first-order valence-corrected chi connectivity index (χ1v) is 2.99. The number of terminal acetylenes is 1. The Morgan fingerprint density at radius 3 is 2.57 bits per heavy atom. The number of hydrogen-bond acceptors (Lipinski definition) is 0. The van der Waals surface area contributed by atoms with Crippen molar-refractivity contribution in [1.82, 2.24) is 0 Å². The summed E-state index contributed by atoms with van der Waals surface area (Å²) in [6.45, 7) is 0. The predicted octanol–water partition coefficient (Wildman–Crippen LogP) is 1.41. The molecule has 0 aromatic rings. The molecule has 0 fully saturated rings. The first-order chi connectivity index (χ1) is 3.41. The van der Waals surface area contributed by atoms with Gasteiger partial charge in [-0.3, -0.25) is 0 Å². The van der Waals surface area contributed by atoms with Gasteiger partial charge in [0.05, 0.1) is 11.8 Å².